The van der Waals surface area contributed by atoms with E-state index in [1.165, 1.54) is 0 Å². The lowest BCUT2D eigenvalue weighted by Crippen LogP contribution is -3.00. The summed E-state index contributed by atoms with van der Waals surface area (Å²) in [5, 5.41) is 22.8. The highest BCUT2D eigenvalue weighted by Gasteiger charge is 1.72. The van der Waals surface area contributed by atoms with E-state index in [0.717, 1.165) is 13.0 Å². The van der Waals surface area contributed by atoms with Crippen LogP contribution in [0.4, 0.5) is 0 Å². The quantitative estimate of drug-likeness (QED) is 0.323. The maximum Gasteiger partial charge on any atom is 0.0762 e. The summed E-state index contributed by atoms with van der Waals surface area (Å²) in [6.07, 6.45) is 0.833. The predicted molar refractivity (Wildman–Crippen MR) is 29.8 cm³/mol. The Morgan fingerprint density at radius 2 is 1.80 bits per heavy atom. The van der Waals surface area contributed by atoms with Gasteiger partial charge in [-0.2, -0.15) is 0 Å². The Bertz CT molecular complexity index is 65.5. The molecule has 0 spiro atoms. The molecule has 0 aliphatic rings. The van der Waals surface area contributed by atoms with Gasteiger partial charge in [0.15, 0.2) is 0 Å². The zero-order chi connectivity index (χ0) is 7.70. The normalized spacial score (nSPS) is 6.60. The second kappa shape index (κ2) is 15.8. The highest BCUT2D eigenvalue weighted by Crippen LogP contribution is 1.60. The molecule has 0 aromatic heterocycles. The molecule has 7 heteroatoms. The van der Waals surface area contributed by atoms with Crippen LogP contribution in [0.5, 0.6) is 0 Å². The van der Waals surface area contributed by atoms with Crippen molar-refractivity contribution in [3.63, 3.8) is 0 Å². The van der Waals surface area contributed by atoms with Gasteiger partial charge >= 0.3 is 0 Å². The molecular weight excluding hydrogens is 163 g/mol. The van der Waals surface area contributed by atoms with E-state index >= 15 is 0 Å². The summed E-state index contributed by atoms with van der Waals surface area (Å²) in [7, 11) is 0. The van der Waals surface area contributed by atoms with Gasteiger partial charge in [-0.25, -0.2) is 0 Å². The molecule has 0 saturated carbocycles. The van der Waals surface area contributed by atoms with E-state index in [-0.39, 0.29) is 19.0 Å². The third-order valence-electron chi connectivity index (χ3n) is 0.408. The van der Waals surface area contributed by atoms with Crippen molar-refractivity contribution in [2.45, 2.75) is 6.42 Å². The summed E-state index contributed by atoms with van der Waals surface area (Å²) in [4.78, 5) is 8.25. The van der Waals surface area contributed by atoms with Gasteiger partial charge in [-0.3, -0.25) is 0 Å². The molecule has 64 valence electrons. The first-order chi connectivity index (χ1) is 4.15. The van der Waals surface area contributed by atoms with Crippen molar-refractivity contribution >= 4 is 0 Å². The highest BCUT2D eigenvalue weighted by molar-refractivity contribution is 4.20. The van der Waals surface area contributed by atoms with Crippen molar-refractivity contribution in [1.29, 1.82) is 0 Å². The minimum absolute atomic E-state index is 0. The lowest BCUT2D eigenvalue weighted by molar-refractivity contribution is -0.402. The highest BCUT2D eigenvalue weighted by atomic mass is 35.5. The summed E-state index contributed by atoms with van der Waals surface area (Å²) in [5.41, 5.74) is 3.52. The second-order valence-electron chi connectivity index (χ2n) is 1.15. The zero-order valence-electron chi connectivity index (χ0n) is 5.33. The van der Waals surface area contributed by atoms with Crippen LogP contribution in [0, 0.1) is 15.3 Å². The SMILES string of the molecule is O=[N+]([O-])[O-].[Cl-].[NH3+]CCCO. The monoisotopic (exact) mass is 173 g/mol. The number of halogens is 1. The fourth-order valence-corrected chi connectivity index (χ4v) is 0.112. The Hall–Kier alpha value is -0.590. The van der Waals surface area contributed by atoms with Gasteiger partial charge in [-0.1, -0.05) is 0 Å². The Morgan fingerprint density at radius 3 is 1.80 bits per heavy atom. The van der Waals surface area contributed by atoms with E-state index in [1.807, 2.05) is 0 Å². The number of hydrogen-bond acceptors (Lipinski definition) is 4. The molecule has 0 amide bonds. The molecule has 0 aromatic rings. The summed E-state index contributed by atoms with van der Waals surface area (Å²) in [6.45, 7) is 1.12. The lowest BCUT2D eigenvalue weighted by atomic mass is 10.5. The standard InChI is InChI=1S/C3H9NO.ClH.NO3/c4-2-1-3-5;;2-1(3)4/h5H,1-4H2;1H;/q;;-1. The molecule has 0 unspecified atom stereocenters. The van der Waals surface area contributed by atoms with Crippen LogP contribution in [0.25, 0.3) is 0 Å². The van der Waals surface area contributed by atoms with Crippen LogP contribution in [-0.4, -0.2) is 23.3 Å². The maximum absolute atomic E-state index is 8.25. The number of nitrogens with zero attached hydrogens (tertiary/aromatic N) is 1. The van der Waals surface area contributed by atoms with Gasteiger partial charge < -0.3 is 38.6 Å². The maximum atomic E-state index is 8.25. The fourth-order valence-electron chi connectivity index (χ4n) is 0.112. The van der Waals surface area contributed by atoms with E-state index < -0.39 is 5.09 Å². The first-order valence-electron chi connectivity index (χ1n) is 2.36. The zero-order valence-corrected chi connectivity index (χ0v) is 6.08. The van der Waals surface area contributed by atoms with Gasteiger partial charge in [-0.15, -0.1) is 0 Å². The summed E-state index contributed by atoms with van der Waals surface area (Å²) in [5.74, 6) is 0. The number of quaternary nitrogens is 1. The van der Waals surface area contributed by atoms with E-state index in [2.05, 4.69) is 5.73 Å². The molecule has 0 atom stereocenters. The molecule has 10 heavy (non-hydrogen) atoms. The van der Waals surface area contributed by atoms with Crippen LogP contribution < -0.4 is 18.1 Å². The molecule has 0 aliphatic heterocycles. The average molecular weight is 174 g/mol. The molecule has 0 bridgehead atoms. The Labute approximate surface area is 64.2 Å². The van der Waals surface area contributed by atoms with Crippen LogP contribution in [0.1, 0.15) is 6.42 Å². The van der Waals surface area contributed by atoms with E-state index in [1.54, 1.807) is 0 Å². The summed E-state index contributed by atoms with van der Waals surface area (Å²) < 4.78 is 0. The van der Waals surface area contributed by atoms with Crippen molar-refractivity contribution < 1.29 is 28.3 Å². The van der Waals surface area contributed by atoms with Crippen LogP contribution in [0.15, 0.2) is 0 Å². The van der Waals surface area contributed by atoms with Crippen LogP contribution in [0.2, 0.25) is 0 Å². The number of aliphatic hydroxyl groups is 1. The van der Waals surface area contributed by atoms with Crippen molar-refractivity contribution in [3.8, 4) is 0 Å². The molecule has 0 aromatic carbocycles. The lowest BCUT2D eigenvalue weighted by Gasteiger charge is -1.77. The van der Waals surface area contributed by atoms with E-state index in [4.69, 9.17) is 20.4 Å². The Morgan fingerprint density at radius 1 is 1.50 bits per heavy atom. The topological polar surface area (TPSA) is 114 Å². The molecule has 4 N–H and O–H groups in total. The summed E-state index contributed by atoms with van der Waals surface area (Å²) >= 11 is 0. The van der Waals surface area contributed by atoms with Crippen molar-refractivity contribution in [2.75, 3.05) is 13.2 Å². The number of rotatable bonds is 2. The van der Waals surface area contributed by atoms with Crippen molar-refractivity contribution in [2.24, 2.45) is 0 Å². The van der Waals surface area contributed by atoms with Gasteiger partial charge in [-0.05, 0) is 0 Å². The largest absolute Gasteiger partial charge is 1.00 e. The molecule has 0 heterocycles. The summed E-state index contributed by atoms with van der Waals surface area (Å²) in [6, 6.07) is 0. The molecule has 6 nitrogen and oxygen atoms in total. The molecule has 0 saturated heterocycles. The molecular formula is C3H10ClN2O4-. The van der Waals surface area contributed by atoms with Gasteiger partial charge in [0.05, 0.1) is 11.6 Å². The first kappa shape index (κ1) is 16.2. The minimum Gasteiger partial charge on any atom is -1.00 e. The van der Waals surface area contributed by atoms with Crippen LogP contribution in [0.3, 0.4) is 0 Å². The van der Waals surface area contributed by atoms with Gasteiger partial charge in [0.2, 0.25) is 0 Å². The van der Waals surface area contributed by atoms with Crippen molar-refractivity contribution in [1.82, 2.24) is 0 Å². The molecule has 0 rings (SSSR count). The minimum atomic E-state index is -1.75. The van der Waals surface area contributed by atoms with Gasteiger partial charge in [0.25, 0.3) is 0 Å². The molecule has 0 radical (unpaired) electrons. The van der Waals surface area contributed by atoms with E-state index in [9.17, 15) is 0 Å². The van der Waals surface area contributed by atoms with Gasteiger partial charge in [0.1, 0.15) is 0 Å². The Balaban J connectivity index is -0.0000000910. The number of aliphatic hydroxyl groups excluding tert-OH is 1. The predicted octanol–water partition coefficient (Wildman–Crippen LogP) is -4.62. The van der Waals surface area contributed by atoms with E-state index in [0.29, 0.717) is 0 Å². The third kappa shape index (κ3) is 153. The molecule has 0 fully saturated rings. The van der Waals surface area contributed by atoms with Crippen LogP contribution in [-0.2, 0) is 0 Å². The molecule has 0 aliphatic carbocycles. The average Bonchev–Trinajstić information content (AvgIpc) is 1.66. The fraction of sp³-hybridized carbons (Fsp3) is 1.00. The second-order valence-corrected chi connectivity index (χ2v) is 1.15. The van der Waals surface area contributed by atoms with Crippen LogP contribution >= 0.6 is 0 Å². The third-order valence-corrected chi connectivity index (χ3v) is 0.408. The first-order valence-corrected chi connectivity index (χ1v) is 2.36. The Kier molecular flexibility index (Phi) is 25.6. The number of hydrogen-bond donors (Lipinski definition) is 2. The van der Waals surface area contributed by atoms with Gasteiger partial charge in [0, 0.05) is 13.0 Å². The smallest absolute Gasteiger partial charge is 0.0762 e. The van der Waals surface area contributed by atoms with Crippen molar-refractivity contribution in [3.05, 3.63) is 15.3 Å².